The van der Waals surface area contributed by atoms with Crippen molar-refractivity contribution in [3.63, 3.8) is 0 Å². The van der Waals surface area contributed by atoms with E-state index in [1.54, 1.807) is 11.6 Å². The topological polar surface area (TPSA) is 62.3 Å². The van der Waals surface area contributed by atoms with Crippen LogP contribution in [0.3, 0.4) is 0 Å². The van der Waals surface area contributed by atoms with Crippen molar-refractivity contribution in [2.75, 3.05) is 12.5 Å². The van der Waals surface area contributed by atoms with Crippen LogP contribution in [-0.2, 0) is 7.05 Å². The van der Waals surface area contributed by atoms with Crippen molar-refractivity contribution in [2.45, 2.75) is 6.92 Å². The minimum absolute atomic E-state index is 0.246. The molecule has 2 N–H and O–H groups in total. The van der Waals surface area contributed by atoms with E-state index in [9.17, 15) is 0 Å². The Balaban J connectivity index is 2.20. The summed E-state index contributed by atoms with van der Waals surface area (Å²) in [6.45, 7) is 2.22. The van der Waals surface area contributed by atoms with Gasteiger partial charge in [0.15, 0.2) is 11.5 Å². The predicted molar refractivity (Wildman–Crippen MR) is 68.9 cm³/mol. The summed E-state index contributed by atoms with van der Waals surface area (Å²) in [5.41, 5.74) is 8.33. The van der Waals surface area contributed by atoms with E-state index in [-0.39, 0.29) is 6.79 Å². The number of benzene rings is 1. The molecule has 0 atom stereocenters. The number of aryl methyl sites for hydroxylation is 1. The largest absolute Gasteiger partial charge is 0.454 e. The Kier molecular flexibility index (Phi) is 2.38. The fourth-order valence-electron chi connectivity index (χ4n) is 1.97. The van der Waals surface area contributed by atoms with E-state index in [4.69, 9.17) is 26.8 Å². The van der Waals surface area contributed by atoms with Crippen molar-refractivity contribution < 1.29 is 9.47 Å². The molecule has 0 aliphatic carbocycles. The van der Waals surface area contributed by atoms with Crippen LogP contribution in [0.1, 0.15) is 5.56 Å². The van der Waals surface area contributed by atoms with Gasteiger partial charge in [-0.3, -0.25) is 0 Å². The lowest BCUT2D eigenvalue weighted by Gasteiger charge is -2.05. The second kappa shape index (κ2) is 3.81. The number of nitrogens with zero attached hydrogens (tertiary/aromatic N) is 2. The lowest BCUT2D eigenvalue weighted by atomic mass is 10.1. The molecule has 0 bridgehead atoms. The summed E-state index contributed by atoms with van der Waals surface area (Å²) in [5.74, 6) is 1.83. The zero-order valence-electron chi connectivity index (χ0n) is 10.0. The smallest absolute Gasteiger partial charge is 0.231 e. The average Bonchev–Trinajstić information content (AvgIpc) is 2.88. The van der Waals surface area contributed by atoms with Crippen LogP contribution in [0, 0.1) is 6.92 Å². The van der Waals surface area contributed by atoms with Crippen molar-refractivity contribution in [1.82, 2.24) is 9.55 Å². The van der Waals surface area contributed by atoms with Crippen molar-refractivity contribution in [1.29, 1.82) is 0 Å². The molecule has 0 amide bonds. The summed E-state index contributed by atoms with van der Waals surface area (Å²) in [4.78, 5) is 4.28. The third-order valence-corrected chi connectivity index (χ3v) is 3.47. The van der Waals surface area contributed by atoms with Crippen LogP contribution < -0.4 is 15.2 Å². The highest BCUT2D eigenvalue weighted by molar-refractivity contribution is 6.32. The molecule has 0 saturated carbocycles. The Morgan fingerprint density at radius 2 is 2.00 bits per heavy atom. The van der Waals surface area contributed by atoms with E-state index in [1.165, 1.54) is 0 Å². The summed E-state index contributed by atoms with van der Waals surface area (Å²) < 4.78 is 12.3. The SMILES string of the molecule is Cc1cc2c(cc1-c1nc(N)n(C)c1Cl)OCO2. The molecule has 0 radical (unpaired) electrons. The Morgan fingerprint density at radius 1 is 1.33 bits per heavy atom. The molecular weight excluding hydrogens is 254 g/mol. The minimum Gasteiger partial charge on any atom is -0.454 e. The standard InChI is InChI=1S/C12H12ClN3O2/c1-6-3-8-9(18-5-17-8)4-7(6)10-11(13)16(2)12(14)15-10/h3-4H,5H2,1-2H3,(H2,14,15). The molecule has 1 aromatic carbocycles. The molecule has 94 valence electrons. The average molecular weight is 266 g/mol. The maximum atomic E-state index is 6.22. The molecule has 3 rings (SSSR count). The number of hydrogen-bond acceptors (Lipinski definition) is 4. The number of nitrogen functional groups attached to an aromatic ring is 1. The summed E-state index contributed by atoms with van der Waals surface area (Å²) in [6, 6.07) is 3.80. The maximum absolute atomic E-state index is 6.22. The first-order chi connectivity index (χ1) is 8.58. The molecule has 0 unspecified atom stereocenters. The van der Waals surface area contributed by atoms with Crippen molar-refractivity contribution >= 4 is 17.5 Å². The van der Waals surface area contributed by atoms with Gasteiger partial charge in [0.25, 0.3) is 0 Å². The Hall–Kier alpha value is -1.88. The van der Waals surface area contributed by atoms with Crippen molar-refractivity contribution in [2.24, 2.45) is 7.05 Å². The van der Waals surface area contributed by atoms with Gasteiger partial charge < -0.3 is 19.8 Å². The highest BCUT2D eigenvalue weighted by atomic mass is 35.5. The number of halogens is 1. The molecule has 1 aliphatic heterocycles. The molecule has 6 heteroatoms. The quantitative estimate of drug-likeness (QED) is 0.860. The third kappa shape index (κ3) is 1.51. The van der Waals surface area contributed by atoms with Gasteiger partial charge in [0.05, 0.1) is 0 Å². The van der Waals surface area contributed by atoms with E-state index < -0.39 is 0 Å². The van der Waals surface area contributed by atoms with Crippen LogP contribution >= 0.6 is 11.6 Å². The second-order valence-electron chi connectivity index (χ2n) is 4.19. The number of rotatable bonds is 1. The molecule has 1 aromatic heterocycles. The van der Waals surface area contributed by atoms with Crippen LogP contribution in [0.5, 0.6) is 11.5 Å². The van der Waals surface area contributed by atoms with Gasteiger partial charge in [0.2, 0.25) is 12.7 Å². The Bertz CT molecular complexity index is 637. The fourth-order valence-corrected chi connectivity index (χ4v) is 2.20. The number of nitrogens with two attached hydrogens (primary N) is 1. The summed E-state index contributed by atoms with van der Waals surface area (Å²) in [6.07, 6.45) is 0. The normalized spacial score (nSPS) is 13.1. The van der Waals surface area contributed by atoms with Crippen LogP contribution in [0.4, 0.5) is 5.95 Å². The maximum Gasteiger partial charge on any atom is 0.231 e. The van der Waals surface area contributed by atoms with Gasteiger partial charge in [-0.25, -0.2) is 4.98 Å². The lowest BCUT2D eigenvalue weighted by molar-refractivity contribution is 0.174. The number of fused-ring (bicyclic) bond motifs is 1. The molecule has 0 saturated heterocycles. The van der Waals surface area contributed by atoms with Gasteiger partial charge in [0.1, 0.15) is 10.8 Å². The van der Waals surface area contributed by atoms with Crippen LogP contribution in [0.2, 0.25) is 5.15 Å². The number of aromatic nitrogens is 2. The number of ether oxygens (including phenoxy) is 2. The van der Waals surface area contributed by atoms with E-state index in [0.29, 0.717) is 22.5 Å². The first-order valence-electron chi connectivity index (χ1n) is 5.46. The molecule has 0 fully saturated rings. The third-order valence-electron chi connectivity index (χ3n) is 3.03. The summed E-state index contributed by atoms with van der Waals surface area (Å²) in [7, 11) is 1.77. The van der Waals surface area contributed by atoms with E-state index in [1.807, 2.05) is 19.1 Å². The molecule has 2 aromatic rings. The van der Waals surface area contributed by atoms with Crippen molar-refractivity contribution in [3.8, 4) is 22.8 Å². The Labute approximate surface area is 109 Å². The number of anilines is 1. The zero-order valence-corrected chi connectivity index (χ0v) is 10.8. The van der Waals surface area contributed by atoms with Gasteiger partial charge >= 0.3 is 0 Å². The van der Waals surface area contributed by atoms with E-state index in [2.05, 4.69) is 4.98 Å². The predicted octanol–water partition coefficient (Wildman–Crippen LogP) is 2.36. The van der Waals surface area contributed by atoms with Gasteiger partial charge in [-0.2, -0.15) is 0 Å². The summed E-state index contributed by atoms with van der Waals surface area (Å²) >= 11 is 6.22. The van der Waals surface area contributed by atoms with Gasteiger partial charge in [-0.1, -0.05) is 11.6 Å². The fraction of sp³-hybridized carbons (Fsp3) is 0.250. The van der Waals surface area contributed by atoms with E-state index >= 15 is 0 Å². The van der Waals surface area contributed by atoms with Crippen LogP contribution in [0.15, 0.2) is 12.1 Å². The van der Waals surface area contributed by atoms with Crippen LogP contribution in [0.25, 0.3) is 11.3 Å². The van der Waals surface area contributed by atoms with Crippen molar-refractivity contribution in [3.05, 3.63) is 22.8 Å². The highest BCUT2D eigenvalue weighted by Gasteiger charge is 2.20. The van der Waals surface area contributed by atoms with Crippen LogP contribution in [-0.4, -0.2) is 16.3 Å². The molecule has 2 heterocycles. The van der Waals surface area contributed by atoms with E-state index in [0.717, 1.165) is 16.9 Å². The lowest BCUT2D eigenvalue weighted by Crippen LogP contribution is -1.96. The second-order valence-corrected chi connectivity index (χ2v) is 4.55. The monoisotopic (exact) mass is 265 g/mol. The van der Waals surface area contributed by atoms with Gasteiger partial charge in [0, 0.05) is 12.6 Å². The minimum atomic E-state index is 0.246. The molecular formula is C12H12ClN3O2. The number of imidazole rings is 1. The van der Waals surface area contributed by atoms with Gasteiger partial charge in [-0.05, 0) is 24.6 Å². The zero-order chi connectivity index (χ0) is 12.9. The highest BCUT2D eigenvalue weighted by Crippen LogP contribution is 2.40. The molecule has 18 heavy (non-hydrogen) atoms. The first-order valence-corrected chi connectivity index (χ1v) is 5.84. The molecule has 5 nitrogen and oxygen atoms in total. The molecule has 1 aliphatic rings. The molecule has 0 spiro atoms. The van der Waals surface area contributed by atoms with Gasteiger partial charge in [-0.15, -0.1) is 0 Å². The Morgan fingerprint density at radius 3 is 2.61 bits per heavy atom. The number of hydrogen-bond donors (Lipinski definition) is 1. The first kappa shape index (κ1) is 11.2. The summed E-state index contributed by atoms with van der Waals surface area (Å²) in [5, 5.41) is 0.509.